The van der Waals surface area contributed by atoms with Crippen LogP contribution < -0.4 is 0 Å². The summed E-state index contributed by atoms with van der Waals surface area (Å²) in [6.07, 6.45) is 12.8. The smallest absolute Gasteiger partial charge is 0.358 e. The molecule has 0 radical (unpaired) electrons. The van der Waals surface area contributed by atoms with E-state index in [0.29, 0.717) is 11.3 Å². The molecule has 0 N–H and O–H groups in total. The molecule has 0 spiro atoms. The van der Waals surface area contributed by atoms with Gasteiger partial charge in [-0.25, -0.2) is 11.1 Å². The Morgan fingerprint density at radius 3 is 1.78 bits per heavy atom. The van der Waals surface area contributed by atoms with Crippen LogP contribution in [0.4, 0.5) is 0 Å². The molecule has 1 unspecified atom stereocenters. The molecule has 0 saturated heterocycles. The van der Waals surface area contributed by atoms with E-state index in [1.165, 1.54) is 96.6 Å². The number of hydrogen-bond acceptors (Lipinski definition) is 0. The van der Waals surface area contributed by atoms with Gasteiger partial charge in [0.2, 0.25) is 0 Å². The fourth-order valence-corrected chi connectivity index (χ4v) is 7.39. The molecule has 0 nitrogen and oxygen atoms in total. The van der Waals surface area contributed by atoms with E-state index in [-0.39, 0.29) is 18.3 Å². The van der Waals surface area contributed by atoms with Crippen molar-refractivity contribution < 1.29 is 24.2 Å². The van der Waals surface area contributed by atoms with Crippen LogP contribution in [0, 0.1) is 43.9 Å². The van der Waals surface area contributed by atoms with E-state index in [4.69, 9.17) is 0 Å². The van der Waals surface area contributed by atoms with Gasteiger partial charge in [0, 0.05) is 5.41 Å². The Kier molecular flexibility index (Phi) is 11.7. The monoisotopic (exact) mass is 684 g/mol. The zero-order valence-corrected chi connectivity index (χ0v) is 33.2. The van der Waals surface area contributed by atoms with Crippen molar-refractivity contribution in [3.63, 3.8) is 0 Å². The summed E-state index contributed by atoms with van der Waals surface area (Å²) in [5.74, 6) is 0.518. The largest absolute Gasteiger partial charge is 0.358 e. The Morgan fingerprint density at radius 2 is 1.33 bits per heavy atom. The fourth-order valence-electron chi connectivity index (χ4n) is 7.39. The predicted octanol–water partition coefficient (Wildman–Crippen LogP) is 12.0. The van der Waals surface area contributed by atoms with E-state index in [1.54, 1.807) is 0 Å². The Labute approximate surface area is 297 Å². The molecular weight excluding hydrogens is 632 g/mol. The molecule has 0 aromatic heterocycles. The predicted molar refractivity (Wildman–Crippen MR) is 199 cm³/mol. The summed E-state index contributed by atoms with van der Waals surface area (Å²) < 4.78 is 3.34. The first kappa shape index (κ1) is 37.8. The minimum atomic E-state index is 0. The van der Waals surface area contributed by atoms with Crippen molar-refractivity contribution in [2.24, 2.45) is 11.3 Å². The second-order valence-electron chi connectivity index (χ2n) is 15.2. The maximum absolute atomic E-state index is 3.65. The summed E-state index contributed by atoms with van der Waals surface area (Å²) in [5, 5.41) is 0. The quantitative estimate of drug-likeness (QED) is 0.162. The van der Waals surface area contributed by atoms with Crippen LogP contribution in [0.25, 0.3) is 22.3 Å². The summed E-state index contributed by atoms with van der Waals surface area (Å²) in [4.78, 5) is 0. The van der Waals surface area contributed by atoms with E-state index < -0.39 is 0 Å². The third-order valence-corrected chi connectivity index (χ3v) is 9.39. The van der Waals surface area contributed by atoms with Crippen molar-refractivity contribution >= 4 is 15.4 Å². The van der Waals surface area contributed by atoms with Gasteiger partial charge in [-0.05, 0) is 58.4 Å². The van der Waals surface area contributed by atoms with Crippen molar-refractivity contribution in [1.29, 1.82) is 0 Å². The summed E-state index contributed by atoms with van der Waals surface area (Å²) in [6, 6.07) is 20.6. The normalized spacial score (nSPS) is 18.5. The molecule has 1 heteroatoms. The van der Waals surface area contributed by atoms with Crippen LogP contribution in [-0.4, -0.2) is 4.21 Å². The van der Waals surface area contributed by atoms with Gasteiger partial charge in [-0.2, -0.15) is 53.1 Å². The van der Waals surface area contributed by atoms with Gasteiger partial charge in [-0.1, -0.05) is 111 Å². The first-order valence-electron chi connectivity index (χ1n) is 16.3. The molecule has 0 amide bonds. The van der Waals surface area contributed by atoms with Crippen molar-refractivity contribution in [3.05, 3.63) is 136 Å². The first-order chi connectivity index (χ1) is 21.0. The van der Waals surface area contributed by atoms with Crippen LogP contribution in [0.15, 0.2) is 71.8 Å². The number of benzene rings is 3. The zero-order chi connectivity index (χ0) is 33.5. The van der Waals surface area contributed by atoms with E-state index in [2.05, 4.69) is 142 Å². The Bertz CT molecular complexity index is 1630. The Balaban J connectivity index is 0.000000228. The number of hydrogen-bond donors (Lipinski definition) is 0. The molecule has 1 atom stereocenters. The summed E-state index contributed by atoms with van der Waals surface area (Å²) >= 11 is 1.30. The van der Waals surface area contributed by atoms with E-state index in [0.717, 1.165) is 6.42 Å². The topological polar surface area (TPSA) is 0 Å². The maximum Gasteiger partial charge on any atom is -0.358 e. The zero-order valence-electron chi connectivity index (χ0n) is 30.8. The van der Waals surface area contributed by atoms with Gasteiger partial charge in [-0.3, -0.25) is 12.2 Å². The van der Waals surface area contributed by atoms with Gasteiger partial charge in [0.1, 0.15) is 0 Å². The third kappa shape index (κ3) is 7.73. The van der Waals surface area contributed by atoms with Gasteiger partial charge in [0.15, 0.2) is 0 Å². The van der Waals surface area contributed by atoms with E-state index in [1.807, 2.05) is 24.3 Å². The number of rotatable bonds is 0. The Hall–Kier alpha value is -2.63. The van der Waals surface area contributed by atoms with Gasteiger partial charge in [0.25, 0.3) is 0 Å². The molecule has 0 heterocycles. The molecule has 4 aliphatic rings. The SMILES string of the molecule is CC1=[C-]C(C)(C)c2cc3c(cc21)-c1cc2c(cc1C3)C(C)(C)C=C2C.CC1=[C-]C(C)C=C1C(C)(C)C.Cc1cc[c-]cc1.[CH2]=[Zr].[CH3-]. The molecule has 0 fully saturated rings. The molecule has 3 aromatic carbocycles. The van der Waals surface area contributed by atoms with Crippen LogP contribution in [0.1, 0.15) is 115 Å². The second kappa shape index (κ2) is 14.2. The summed E-state index contributed by atoms with van der Waals surface area (Å²) in [5.41, 5.74) is 18.9. The number of aryl methyl sites for hydroxylation is 1. The van der Waals surface area contributed by atoms with Gasteiger partial charge >= 0.3 is 28.4 Å². The molecule has 0 aliphatic heterocycles. The number of fused-ring (bicyclic) bond motifs is 5. The molecule has 242 valence electrons. The van der Waals surface area contributed by atoms with Crippen LogP contribution >= 0.6 is 0 Å². The van der Waals surface area contributed by atoms with Crippen molar-refractivity contribution in [2.75, 3.05) is 0 Å². The van der Waals surface area contributed by atoms with Crippen LogP contribution in [0.2, 0.25) is 0 Å². The standard InChI is InChI=1S/C25H25.C11H17.C7H7.CH3.CH2.Zr/c1-14-12-24(3,4)22-8-16-7-17-9-23-19(15(2)13-25(23,5)6)11-21(17)20(16)10-18(14)22;1-8-6-9(2)10(7-8)11(3,4)5;1-7-5-3-2-4-6-7;;;/h8-12H,7H2,1-6H3;7-8H,1-5H3;3-6H,1H3;1H3;1H2;/q4*-1;;. The van der Waals surface area contributed by atoms with Crippen molar-refractivity contribution in [3.8, 4) is 11.1 Å². The molecule has 46 heavy (non-hydrogen) atoms. The average molecular weight is 686 g/mol. The van der Waals surface area contributed by atoms with Crippen LogP contribution in [-0.2, 0) is 41.5 Å². The molecule has 7 rings (SSSR count). The molecule has 3 aromatic rings. The second-order valence-corrected chi connectivity index (χ2v) is 15.2. The van der Waals surface area contributed by atoms with Gasteiger partial charge < -0.3 is 7.43 Å². The van der Waals surface area contributed by atoms with Crippen molar-refractivity contribution in [1.82, 2.24) is 0 Å². The fraction of sp³-hybridized carbons (Fsp3) is 0.378. The molecule has 0 saturated carbocycles. The van der Waals surface area contributed by atoms with Crippen LogP contribution in [0.5, 0.6) is 0 Å². The molecule has 0 bridgehead atoms. The van der Waals surface area contributed by atoms with Crippen molar-refractivity contribution in [2.45, 2.75) is 100 Å². The van der Waals surface area contributed by atoms with Crippen LogP contribution in [0.3, 0.4) is 0 Å². The van der Waals surface area contributed by atoms with Gasteiger partial charge in [0.05, 0.1) is 0 Å². The maximum atomic E-state index is 3.65. The average Bonchev–Trinajstić information content (AvgIpc) is 3.63. The van der Waals surface area contributed by atoms with E-state index in [9.17, 15) is 0 Å². The number of allylic oxidation sites excluding steroid dienone is 8. The minimum Gasteiger partial charge on any atom is -0.358 e. The molecular formula is C45H54Zr-4. The third-order valence-electron chi connectivity index (χ3n) is 9.39. The van der Waals surface area contributed by atoms with Gasteiger partial charge in [-0.15, -0.1) is 11.6 Å². The minimum absolute atomic E-state index is 0. The van der Waals surface area contributed by atoms with E-state index >= 15 is 0 Å². The summed E-state index contributed by atoms with van der Waals surface area (Å²) in [6.45, 7) is 26.8. The Morgan fingerprint density at radius 1 is 0.783 bits per heavy atom. The molecule has 4 aliphatic carbocycles. The summed E-state index contributed by atoms with van der Waals surface area (Å²) in [7, 11) is 0. The first-order valence-corrected chi connectivity index (χ1v) is 18.0.